The molecule has 2 nitrogen and oxygen atoms in total. The summed E-state index contributed by atoms with van der Waals surface area (Å²) in [6.45, 7) is 10.0. The van der Waals surface area contributed by atoms with Crippen LogP contribution in [0.25, 0.3) is 0 Å². The van der Waals surface area contributed by atoms with Gasteiger partial charge in [0.2, 0.25) is 0 Å². The zero-order valence-corrected chi connectivity index (χ0v) is 12.7. The fourth-order valence-corrected chi connectivity index (χ4v) is 3.32. The van der Waals surface area contributed by atoms with Crippen molar-refractivity contribution < 1.29 is 0 Å². The van der Waals surface area contributed by atoms with Gasteiger partial charge in [0.15, 0.2) is 0 Å². The monoisotopic (exact) mass is 260 g/mol. The molecule has 0 aromatic heterocycles. The molecule has 1 atom stereocenters. The van der Waals surface area contributed by atoms with E-state index < -0.39 is 0 Å². The number of nitrogens with two attached hydrogens (primary N) is 1. The Labute approximate surface area is 118 Å². The summed E-state index contributed by atoms with van der Waals surface area (Å²) in [5.74, 6) is 1.36. The lowest BCUT2D eigenvalue weighted by Crippen LogP contribution is -2.37. The van der Waals surface area contributed by atoms with Crippen molar-refractivity contribution >= 4 is 5.69 Å². The fourth-order valence-electron chi connectivity index (χ4n) is 3.32. The third-order valence-electron chi connectivity index (χ3n) is 4.30. The van der Waals surface area contributed by atoms with Crippen LogP contribution < -0.4 is 10.6 Å². The number of para-hydroxylation sites is 1. The van der Waals surface area contributed by atoms with Crippen LogP contribution in [0, 0.1) is 12.8 Å². The van der Waals surface area contributed by atoms with Crippen LogP contribution in [0.3, 0.4) is 0 Å². The zero-order valence-electron chi connectivity index (χ0n) is 12.7. The Bertz CT molecular complexity index is 410. The van der Waals surface area contributed by atoms with Crippen molar-refractivity contribution in [2.24, 2.45) is 11.7 Å². The van der Waals surface area contributed by atoms with Crippen molar-refractivity contribution in [3.63, 3.8) is 0 Å². The molecule has 1 aromatic rings. The molecule has 1 heterocycles. The van der Waals surface area contributed by atoms with Crippen LogP contribution >= 0.6 is 0 Å². The zero-order chi connectivity index (χ0) is 13.8. The highest BCUT2D eigenvalue weighted by Crippen LogP contribution is 2.34. The minimum absolute atomic E-state index is 0.588. The lowest BCUT2D eigenvalue weighted by atomic mass is 9.91. The third-order valence-corrected chi connectivity index (χ3v) is 4.30. The number of piperidine rings is 1. The predicted molar refractivity (Wildman–Crippen MR) is 83.9 cm³/mol. The molecule has 1 aliphatic rings. The molecule has 2 rings (SSSR count). The molecule has 19 heavy (non-hydrogen) atoms. The van der Waals surface area contributed by atoms with Gasteiger partial charge < -0.3 is 10.6 Å². The summed E-state index contributed by atoms with van der Waals surface area (Å²) >= 11 is 0. The van der Waals surface area contributed by atoms with Crippen LogP contribution in [0.5, 0.6) is 0 Å². The number of nitrogens with zero attached hydrogens (tertiary/aromatic N) is 1. The van der Waals surface area contributed by atoms with Crippen molar-refractivity contribution in [3.8, 4) is 0 Å². The van der Waals surface area contributed by atoms with E-state index in [0.717, 1.165) is 12.5 Å². The highest BCUT2D eigenvalue weighted by Gasteiger charge is 2.23. The first kappa shape index (κ1) is 14.4. The van der Waals surface area contributed by atoms with Crippen LogP contribution in [0.2, 0.25) is 0 Å². The van der Waals surface area contributed by atoms with E-state index >= 15 is 0 Å². The molecule has 0 bridgehead atoms. The number of hydrogen-bond acceptors (Lipinski definition) is 2. The predicted octanol–water partition coefficient (Wildman–Crippen LogP) is 3.68. The molecule has 1 fully saturated rings. The number of anilines is 1. The maximum Gasteiger partial charge on any atom is 0.0431 e. The fraction of sp³-hybridized carbons (Fsp3) is 0.647. The molecule has 106 valence electrons. The smallest absolute Gasteiger partial charge is 0.0431 e. The Morgan fingerprint density at radius 3 is 2.84 bits per heavy atom. The Kier molecular flexibility index (Phi) is 4.87. The van der Waals surface area contributed by atoms with E-state index in [1.54, 1.807) is 0 Å². The molecule has 1 aliphatic heterocycles. The molecule has 2 heteroatoms. The molecule has 1 aromatic carbocycles. The second kappa shape index (κ2) is 6.42. The van der Waals surface area contributed by atoms with Gasteiger partial charge in [0.05, 0.1) is 0 Å². The minimum Gasteiger partial charge on any atom is -0.371 e. The first-order valence-corrected chi connectivity index (χ1v) is 7.68. The first-order valence-electron chi connectivity index (χ1n) is 7.68. The molecular weight excluding hydrogens is 232 g/mol. The third kappa shape index (κ3) is 3.30. The van der Waals surface area contributed by atoms with Gasteiger partial charge in [0.1, 0.15) is 0 Å². The molecule has 0 amide bonds. The molecule has 1 unspecified atom stereocenters. The van der Waals surface area contributed by atoms with E-state index in [1.807, 2.05) is 0 Å². The molecule has 0 aliphatic carbocycles. The van der Waals surface area contributed by atoms with Gasteiger partial charge in [-0.25, -0.2) is 0 Å². The maximum atomic E-state index is 5.73. The van der Waals surface area contributed by atoms with E-state index in [-0.39, 0.29) is 0 Å². The topological polar surface area (TPSA) is 29.3 Å². The SMILES string of the molecule is Cc1cccc(C(C)C)c1N1CCCC(CCN)C1. The number of rotatable bonds is 4. The van der Waals surface area contributed by atoms with E-state index in [0.29, 0.717) is 5.92 Å². The molecule has 1 saturated heterocycles. The molecule has 0 radical (unpaired) electrons. The average Bonchev–Trinajstić information content (AvgIpc) is 2.39. The highest BCUT2D eigenvalue weighted by atomic mass is 15.1. The summed E-state index contributed by atoms with van der Waals surface area (Å²) in [6, 6.07) is 6.72. The largest absolute Gasteiger partial charge is 0.371 e. The lowest BCUT2D eigenvalue weighted by molar-refractivity contribution is 0.395. The lowest BCUT2D eigenvalue weighted by Gasteiger charge is -2.37. The average molecular weight is 260 g/mol. The second-order valence-electron chi connectivity index (χ2n) is 6.20. The van der Waals surface area contributed by atoms with Crippen LogP contribution in [-0.2, 0) is 0 Å². The number of hydrogen-bond donors (Lipinski definition) is 1. The standard InChI is InChI=1S/C17H28N2/c1-13(2)16-8-4-6-14(3)17(16)19-11-5-7-15(12-19)9-10-18/h4,6,8,13,15H,5,7,9-12,18H2,1-3H3. The first-order chi connectivity index (χ1) is 9.13. The Balaban J connectivity index is 2.25. The number of benzene rings is 1. The summed E-state index contributed by atoms with van der Waals surface area (Å²) in [7, 11) is 0. The van der Waals surface area contributed by atoms with Gasteiger partial charge in [-0.3, -0.25) is 0 Å². The highest BCUT2D eigenvalue weighted by molar-refractivity contribution is 5.60. The van der Waals surface area contributed by atoms with Gasteiger partial charge >= 0.3 is 0 Å². The van der Waals surface area contributed by atoms with Crippen molar-refractivity contribution in [1.82, 2.24) is 0 Å². The van der Waals surface area contributed by atoms with Gasteiger partial charge in [-0.05, 0) is 55.7 Å². The Morgan fingerprint density at radius 1 is 1.37 bits per heavy atom. The minimum atomic E-state index is 0.588. The second-order valence-corrected chi connectivity index (χ2v) is 6.20. The molecule has 0 spiro atoms. The van der Waals surface area contributed by atoms with E-state index in [1.165, 1.54) is 49.2 Å². The van der Waals surface area contributed by atoms with E-state index in [9.17, 15) is 0 Å². The van der Waals surface area contributed by atoms with Crippen molar-refractivity contribution in [3.05, 3.63) is 29.3 Å². The molecule has 2 N–H and O–H groups in total. The summed E-state index contributed by atoms with van der Waals surface area (Å²) in [5.41, 5.74) is 10.1. The Hall–Kier alpha value is -1.02. The Morgan fingerprint density at radius 2 is 2.16 bits per heavy atom. The van der Waals surface area contributed by atoms with E-state index in [2.05, 4.69) is 43.9 Å². The number of aryl methyl sites for hydroxylation is 1. The van der Waals surface area contributed by atoms with Crippen molar-refractivity contribution in [1.29, 1.82) is 0 Å². The summed E-state index contributed by atoms with van der Waals surface area (Å²) in [5, 5.41) is 0. The summed E-state index contributed by atoms with van der Waals surface area (Å²) in [4.78, 5) is 2.61. The van der Waals surface area contributed by atoms with E-state index in [4.69, 9.17) is 5.73 Å². The van der Waals surface area contributed by atoms with Gasteiger partial charge in [-0.1, -0.05) is 32.0 Å². The maximum absolute atomic E-state index is 5.73. The molecule has 0 saturated carbocycles. The van der Waals surface area contributed by atoms with Crippen LogP contribution in [0.1, 0.15) is 50.2 Å². The van der Waals surface area contributed by atoms with Crippen LogP contribution in [-0.4, -0.2) is 19.6 Å². The van der Waals surface area contributed by atoms with Crippen molar-refractivity contribution in [2.45, 2.75) is 46.0 Å². The van der Waals surface area contributed by atoms with Gasteiger partial charge in [0.25, 0.3) is 0 Å². The van der Waals surface area contributed by atoms with Crippen LogP contribution in [0.4, 0.5) is 5.69 Å². The van der Waals surface area contributed by atoms with Gasteiger partial charge in [-0.15, -0.1) is 0 Å². The summed E-state index contributed by atoms with van der Waals surface area (Å²) < 4.78 is 0. The van der Waals surface area contributed by atoms with Crippen molar-refractivity contribution in [2.75, 3.05) is 24.5 Å². The normalized spacial score (nSPS) is 20.1. The van der Waals surface area contributed by atoms with Crippen LogP contribution in [0.15, 0.2) is 18.2 Å². The summed E-state index contributed by atoms with van der Waals surface area (Å²) in [6.07, 6.45) is 3.81. The van der Waals surface area contributed by atoms with Gasteiger partial charge in [-0.2, -0.15) is 0 Å². The molecular formula is C17H28N2. The van der Waals surface area contributed by atoms with Gasteiger partial charge in [0, 0.05) is 18.8 Å². The quantitative estimate of drug-likeness (QED) is 0.894.